The largest absolute Gasteiger partial charge is 0.485 e. The molecule has 174 valence electrons. The molecule has 11 heteroatoms. The summed E-state index contributed by atoms with van der Waals surface area (Å²) in [5, 5.41) is 19.7. The lowest BCUT2D eigenvalue weighted by Crippen LogP contribution is -2.12. The van der Waals surface area contributed by atoms with Crippen LogP contribution in [0.1, 0.15) is 11.4 Å². The second-order valence-electron chi connectivity index (χ2n) is 7.48. The highest BCUT2D eigenvalue weighted by Gasteiger charge is 2.18. The van der Waals surface area contributed by atoms with E-state index in [-0.39, 0.29) is 12.6 Å². The number of nitrogens with zero attached hydrogens (tertiary/aromatic N) is 4. The van der Waals surface area contributed by atoms with Crippen molar-refractivity contribution < 1.29 is 14.6 Å². The Hall–Kier alpha value is -3.47. The van der Waals surface area contributed by atoms with Crippen LogP contribution in [-0.2, 0) is 11.3 Å². The minimum Gasteiger partial charge on any atom is -0.485 e. The van der Waals surface area contributed by atoms with Gasteiger partial charge in [-0.05, 0) is 42.8 Å². The molecule has 0 saturated carbocycles. The molecule has 1 aliphatic rings. The third-order valence-electron chi connectivity index (χ3n) is 5.09. The minimum absolute atomic E-state index is 0.0354. The summed E-state index contributed by atoms with van der Waals surface area (Å²) in [6, 6.07) is 11.6. The monoisotopic (exact) mass is 496 g/mol. The first-order chi connectivity index (χ1) is 16.7. The van der Waals surface area contributed by atoms with Crippen molar-refractivity contribution in [3.63, 3.8) is 0 Å². The van der Waals surface area contributed by atoms with E-state index < -0.39 is 0 Å². The molecule has 1 aliphatic heterocycles. The lowest BCUT2D eigenvalue weighted by atomic mass is 10.2. The van der Waals surface area contributed by atoms with E-state index in [1.54, 1.807) is 12.3 Å². The van der Waals surface area contributed by atoms with Crippen LogP contribution in [0.25, 0.3) is 10.9 Å². The molecule has 5 rings (SSSR count). The quantitative estimate of drug-likeness (QED) is 0.324. The summed E-state index contributed by atoms with van der Waals surface area (Å²) in [5.74, 6) is 1.21. The van der Waals surface area contributed by atoms with E-state index in [0.29, 0.717) is 42.2 Å². The number of hydrogen-bond donors (Lipinski definition) is 3. The number of aromatic nitrogens is 3. The van der Waals surface area contributed by atoms with Gasteiger partial charge in [0.15, 0.2) is 0 Å². The Morgan fingerprint density at radius 1 is 1.12 bits per heavy atom. The number of hydrogen-bond acceptors (Lipinski definition) is 10. The molecule has 3 heterocycles. The third kappa shape index (κ3) is 5.19. The van der Waals surface area contributed by atoms with Gasteiger partial charge in [-0.25, -0.2) is 19.9 Å². The molecule has 0 spiro atoms. The standard InChI is InChI=1S/C23H21ClN6O3S/c24-18-10-15(2-4-20(18)32-12-21-25-6-8-34-21)28-22-17-9-14(1-3-19(17)26-13-27-22)29-23-30-16(5-7-31)11-33-23/h1-4,6,8-10,13,16,31H,5,7,11-12H2,(H,29,30)(H,26,27,28)/t16-/m0/s1. The first-order valence-corrected chi connectivity index (χ1v) is 11.8. The van der Waals surface area contributed by atoms with Gasteiger partial charge in [-0.1, -0.05) is 11.6 Å². The zero-order valence-electron chi connectivity index (χ0n) is 17.9. The number of aliphatic hydroxyl groups is 1. The molecule has 0 fully saturated rings. The number of nitrogens with one attached hydrogen (secondary N) is 2. The number of aliphatic imine (C=N–C) groups is 1. The molecule has 0 radical (unpaired) electrons. The Kier molecular flexibility index (Phi) is 6.70. The summed E-state index contributed by atoms with van der Waals surface area (Å²) in [4.78, 5) is 17.4. The van der Waals surface area contributed by atoms with Crippen molar-refractivity contribution in [1.29, 1.82) is 0 Å². The minimum atomic E-state index is -0.0354. The van der Waals surface area contributed by atoms with E-state index in [4.69, 9.17) is 26.2 Å². The zero-order valence-corrected chi connectivity index (χ0v) is 19.5. The molecule has 1 atom stereocenters. The summed E-state index contributed by atoms with van der Waals surface area (Å²) in [6.45, 7) is 0.902. The lowest BCUT2D eigenvalue weighted by Gasteiger charge is -2.12. The van der Waals surface area contributed by atoms with Gasteiger partial charge in [0.05, 0.1) is 16.6 Å². The second-order valence-corrected chi connectivity index (χ2v) is 8.86. The van der Waals surface area contributed by atoms with Crippen molar-refractivity contribution in [2.24, 2.45) is 4.99 Å². The smallest absolute Gasteiger partial charge is 0.289 e. The Labute approximate surface area is 204 Å². The van der Waals surface area contributed by atoms with Crippen LogP contribution in [0, 0.1) is 0 Å². The maximum Gasteiger partial charge on any atom is 0.289 e. The summed E-state index contributed by atoms with van der Waals surface area (Å²) >= 11 is 7.97. The second kappa shape index (κ2) is 10.2. The van der Waals surface area contributed by atoms with Crippen molar-refractivity contribution in [2.75, 3.05) is 23.8 Å². The number of ether oxygens (including phenoxy) is 2. The predicted octanol–water partition coefficient (Wildman–Crippen LogP) is 4.61. The van der Waals surface area contributed by atoms with E-state index in [1.807, 2.05) is 35.7 Å². The molecule has 3 N–H and O–H groups in total. The van der Waals surface area contributed by atoms with Gasteiger partial charge in [0.1, 0.15) is 36.1 Å². The molecule has 2 aromatic heterocycles. The van der Waals surface area contributed by atoms with Crippen LogP contribution < -0.4 is 15.4 Å². The first-order valence-electron chi connectivity index (χ1n) is 10.6. The van der Waals surface area contributed by atoms with Crippen LogP contribution in [0.2, 0.25) is 5.02 Å². The van der Waals surface area contributed by atoms with Crippen molar-refractivity contribution in [1.82, 2.24) is 15.0 Å². The van der Waals surface area contributed by atoms with E-state index in [2.05, 4.69) is 30.6 Å². The van der Waals surface area contributed by atoms with E-state index in [9.17, 15) is 0 Å². The van der Waals surface area contributed by atoms with Crippen LogP contribution in [0.4, 0.5) is 17.2 Å². The number of rotatable bonds is 8. The number of anilines is 3. The Bertz CT molecular complexity index is 1320. The van der Waals surface area contributed by atoms with Crippen molar-refractivity contribution >= 4 is 57.1 Å². The average Bonchev–Trinajstić information content (AvgIpc) is 3.51. The summed E-state index contributed by atoms with van der Waals surface area (Å²) in [6.07, 6.45) is 3.82. The fourth-order valence-corrected chi connectivity index (χ4v) is 4.20. The molecule has 34 heavy (non-hydrogen) atoms. The molecule has 0 unspecified atom stereocenters. The van der Waals surface area contributed by atoms with Crippen LogP contribution in [0.15, 0.2) is 59.3 Å². The van der Waals surface area contributed by atoms with Crippen molar-refractivity contribution in [3.05, 3.63) is 64.3 Å². The fraction of sp³-hybridized carbons (Fsp3) is 0.217. The average molecular weight is 497 g/mol. The van der Waals surface area contributed by atoms with Gasteiger partial charge in [-0.2, -0.15) is 0 Å². The molecule has 0 saturated heterocycles. The highest BCUT2D eigenvalue weighted by Crippen LogP contribution is 2.31. The van der Waals surface area contributed by atoms with Gasteiger partial charge in [-0.3, -0.25) is 0 Å². The number of fused-ring (bicyclic) bond motifs is 1. The number of halogens is 1. The predicted molar refractivity (Wildman–Crippen MR) is 133 cm³/mol. The van der Waals surface area contributed by atoms with Crippen LogP contribution >= 0.6 is 22.9 Å². The summed E-state index contributed by atoms with van der Waals surface area (Å²) in [5.41, 5.74) is 2.34. The molecule has 2 aromatic carbocycles. The third-order valence-corrected chi connectivity index (χ3v) is 6.14. The molecule has 0 bridgehead atoms. The van der Waals surface area contributed by atoms with E-state index in [1.165, 1.54) is 17.7 Å². The molecule has 4 aromatic rings. The van der Waals surface area contributed by atoms with Crippen LogP contribution in [-0.4, -0.2) is 45.3 Å². The normalized spacial score (nSPS) is 15.1. The van der Waals surface area contributed by atoms with E-state index >= 15 is 0 Å². The van der Waals surface area contributed by atoms with Crippen molar-refractivity contribution in [2.45, 2.75) is 19.1 Å². The van der Waals surface area contributed by atoms with Crippen LogP contribution in [0.5, 0.6) is 5.75 Å². The van der Waals surface area contributed by atoms with Crippen LogP contribution in [0.3, 0.4) is 0 Å². The van der Waals surface area contributed by atoms with Gasteiger partial charge < -0.3 is 25.2 Å². The number of amidine groups is 1. The molecular formula is C23H21ClN6O3S. The lowest BCUT2D eigenvalue weighted by molar-refractivity contribution is 0.250. The number of aliphatic hydroxyl groups excluding tert-OH is 1. The number of benzene rings is 2. The highest BCUT2D eigenvalue weighted by molar-refractivity contribution is 7.09. The van der Waals surface area contributed by atoms with Gasteiger partial charge in [-0.15, -0.1) is 11.3 Å². The summed E-state index contributed by atoms with van der Waals surface area (Å²) in [7, 11) is 0. The topological polar surface area (TPSA) is 114 Å². The van der Waals surface area contributed by atoms with Gasteiger partial charge in [0, 0.05) is 34.9 Å². The zero-order chi connectivity index (χ0) is 23.3. The SMILES string of the molecule is OCC[C@H]1COC(Nc2ccc3ncnc(Nc4ccc(OCc5nccs5)c(Cl)c4)c3c2)=N1. The van der Waals surface area contributed by atoms with Gasteiger partial charge >= 0.3 is 0 Å². The number of thiazole rings is 1. The molecular weight excluding hydrogens is 476 g/mol. The summed E-state index contributed by atoms with van der Waals surface area (Å²) < 4.78 is 11.4. The molecule has 0 amide bonds. The first kappa shape index (κ1) is 22.3. The Morgan fingerprint density at radius 3 is 2.82 bits per heavy atom. The maximum atomic E-state index is 9.09. The maximum absolute atomic E-state index is 9.09. The molecule has 9 nitrogen and oxygen atoms in total. The van der Waals surface area contributed by atoms with E-state index in [0.717, 1.165) is 27.3 Å². The van der Waals surface area contributed by atoms with Crippen molar-refractivity contribution in [3.8, 4) is 5.75 Å². The highest BCUT2D eigenvalue weighted by atomic mass is 35.5. The Balaban J connectivity index is 1.32. The fourth-order valence-electron chi connectivity index (χ4n) is 3.43. The molecule has 0 aliphatic carbocycles. The van der Waals surface area contributed by atoms with Gasteiger partial charge in [0.25, 0.3) is 6.02 Å². The Morgan fingerprint density at radius 2 is 2.00 bits per heavy atom. The van der Waals surface area contributed by atoms with Gasteiger partial charge in [0.2, 0.25) is 0 Å².